The quantitative estimate of drug-likeness (QED) is 0.0346. The molecule has 0 heterocycles. The zero-order valence-corrected chi connectivity index (χ0v) is 77.2. The summed E-state index contributed by atoms with van der Waals surface area (Å²) >= 11 is 0. The molecule has 8 aliphatic carbocycles. The number of carbonyl (C=O) groups is 6. The minimum Gasteiger partial charge on any atom is -0.368 e. The average Bonchev–Trinajstić information content (AvgIpc) is 1.29. The van der Waals surface area contributed by atoms with Crippen molar-refractivity contribution in [1.29, 1.82) is 0 Å². The van der Waals surface area contributed by atoms with Gasteiger partial charge in [0.1, 0.15) is 36.6 Å². The van der Waals surface area contributed by atoms with Crippen molar-refractivity contribution in [3.63, 3.8) is 0 Å². The molecular formula is C94H176N6O12. The number of ether oxygens (including phenoxy) is 6. The van der Waals surface area contributed by atoms with E-state index >= 15 is 0 Å². The fourth-order valence-electron chi connectivity index (χ4n) is 14.8. The maximum absolute atomic E-state index is 12.5. The molecule has 8 aliphatic rings. The summed E-state index contributed by atoms with van der Waals surface area (Å²) < 4.78 is 35.5. The average molecular weight is 1580 g/mol. The van der Waals surface area contributed by atoms with Crippen LogP contribution in [0.25, 0.3) is 0 Å². The Morgan fingerprint density at radius 3 is 0.812 bits per heavy atom. The highest BCUT2D eigenvalue weighted by atomic mass is 16.5. The second-order valence-electron chi connectivity index (χ2n) is 44.3. The van der Waals surface area contributed by atoms with Crippen LogP contribution in [0.1, 0.15) is 380 Å². The Labute approximate surface area is 686 Å². The third-order valence-electron chi connectivity index (χ3n) is 21.1. The van der Waals surface area contributed by atoms with Gasteiger partial charge in [-0.1, -0.05) is 151 Å². The summed E-state index contributed by atoms with van der Waals surface area (Å²) in [5.74, 6) is 5.87. The second-order valence-corrected chi connectivity index (χ2v) is 44.3. The zero-order valence-electron chi connectivity index (χ0n) is 77.2. The van der Waals surface area contributed by atoms with E-state index in [0.717, 1.165) is 63.8 Å². The van der Waals surface area contributed by atoms with E-state index in [9.17, 15) is 28.8 Å². The first-order valence-electron chi connectivity index (χ1n) is 44.9. The second kappa shape index (κ2) is 48.4. The number of nitrogens with one attached hydrogen (secondary N) is 6. The Bertz CT molecular complexity index is 2690. The van der Waals surface area contributed by atoms with Gasteiger partial charge in [-0.25, -0.2) is 0 Å². The first-order valence-corrected chi connectivity index (χ1v) is 44.9. The van der Waals surface area contributed by atoms with Crippen molar-refractivity contribution in [2.24, 2.45) is 64.1 Å². The molecule has 0 saturated heterocycles. The normalized spacial score (nSPS) is 20.1. The highest BCUT2D eigenvalue weighted by molar-refractivity contribution is 5.84. The van der Waals surface area contributed by atoms with Gasteiger partial charge in [-0.05, 0) is 292 Å². The molecule has 18 nitrogen and oxygen atoms in total. The van der Waals surface area contributed by atoms with Crippen LogP contribution in [0.4, 0.5) is 0 Å². The van der Waals surface area contributed by atoms with Crippen molar-refractivity contribution in [3.05, 3.63) is 12.2 Å². The topological polar surface area (TPSA) is 230 Å². The van der Waals surface area contributed by atoms with Gasteiger partial charge in [-0.2, -0.15) is 0 Å². The summed E-state index contributed by atoms with van der Waals surface area (Å²) in [7, 11) is 0. The molecule has 8 saturated carbocycles. The summed E-state index contributed by atoms with van der Waals surface area (Å²) in [6.45, 7) is 63.1. The van der Waals surface area contributed by atoms with Gasteiger partial charge in [0.15, 0.2) is 0 Å². The molecule has 0 aromatic carbocycles. The van der Waals surface area contributed by atoms with E-state index < -0.39 is 6.10 Å². The molecule has 8 fully saturated rings. The molecule has 112 heavy (non-hydrogen) atoms. The lowest BCUT2D eigenvalue weighted by atomic mass is 9.88. The molecule has 8 rings (SSSR count). The lowest BCUT2D eigenvalue weighted by Crippen LogP contribution is -2.51. The van der Waals surface area contributed by atoms with Crippen LogP contribution in [0.5, 0.6) is 0 Å². The number of hydrogen-bond donors (Lipinski definition) is 6. The van der Waals surface area contributed by atoms with E-state index in [1.165, 1.54) is 167 Å². The van der Waals surface area contributed by atoms with E-state index in [0.29, 0.717) is 54.5 Å². The molecule has 0 aromatic heterocycles. The molecule has 6 unspecified atom stereocenters. The smallest absolute Gasteiger partial charge is 0.250 e. The van der Waals surface area contributed by atoms with Crippen molar-refractivity contribution in [1.82, 2.24) is 31.9 Å². The van der Waals surface area contributed by atoms with Crippen LogP contribution in [-0.4, -0.2) is 145 Å². The minimum atomic E-state index is -0.391. The van der Waals surface area contributed by atoms with Gasteiger partial charge in [0.25, 0.3) is 0 Å². The number of amides is 6. The van der Waals surface area contributed by atoms with Gasteiger partial charge in [0.05, 0.1) is 39.6 Å². The molecule has 6 N–H and O–H groups in total. The van der Waals surface area contributed by atoms with Crippen molar-refractivity contribution < 1.29 is 57.2 Å². The van der Waals surface area contributed by atoms with Crippen molar-refractivity contribution in [2.45, 2.75) is 449 Å². The van der Waals surface area contributed by atoms with Crippen molar-refractivity contribution in [3.8, 4) is 0 Å². The van der Waals surface area contributed by atoms with Gasteiger partial charge in [0, 0.05) is 39.7 Å². The van der Waals surface area contributed by atoms with Gasteiger partial charge in [-0.15, -0.1) is 6.58 Å². The zero-order chi connectivity index (χ0) is 84.6. The van der Waals surface area contributed by atoms with E-state index in [2.05, 4.69) is 59.3 Å². The molecule has 18 heteroatoms. The first-order chi connectivity index (χ1) is 51.6. The molecule has 0 aliphatic heterocycles. The van der Waals surface area contributed by atoms with Crippen LogP contribution < -0.4 is 31.9 Å². The van der Waals surface area contributed by atoms with Crippen molar-refractivity contribution >= 4 is 35.4 Å². The molecule has 6 amide bonds. The minimum absolute atomic E-state index is 0.00523. The maximum Gasteiger partial charge on any atom is 0.250 e. The highest BCUT2D eigenvalue weighted by Gasteiger charge is 2.38. The Balaban J connectivity index is 0.000000349. The molecule has 0 bridgehead atoms. The highest BCUT2D eigenvalue weighted by Crippen LogP contribution is 2.37. The molecule has 6 atom stereocenters. The van der Waals surface area contributed by atoms with Crippen LogP contribution in [0.15, 0.2) is 12.2 Å². The Morgan fingerprint density at radius 2 is 0.536 bits per heavy atom. The Kier molecular flexibility index (Phi) is 44.3. The first kappa shape index (κ1) is 103. The van der Waals surface area contributed by atoms with Crippen LogP contribution >= 0.6 is 0 Å². The van der Waals surface area contributed by atoms with Gasteiger partial charge in [0.2, 0.25) is 35.4 Å². The van der Waals surface area contributed by atoms with E-state index in [1.54, 1.807) is 0 Å². The summed E-state index contributed by atoms with van der Waals surface area (Å²) in [6.07, 6.45) is 34.7. The van der Waals surface area contributed by atoms with Gasteiger partial charge < -0.3 is 60.3 Å². The number of hydrogen-bond acceptors (Lipinski definition) is 12. The summed E-state index contributed by atoms with van der Waals surface area (Å²) in [5, 5.41) is 18.2. The predicted molar refractivity (Wildman–Crippen MR) is 461 cm³/mol. The summed E-state index contributed by atoms with van der Waals surface area (Å²) in [4.78, 5) is 73.6. The molecule has 0 radical (unpaired) electrons. The van der Waals surface area contributed by atoms with Crippen molar-refractivity contribution in [2.75, 3.05) is 39.6 Å². The van der Waals surface area contributed by atoms with Crippen LogP contribution in [0.2, 0.25) is 0 Å². The van der Waals surface area contributed by atoms with E-state index in [1.807, 2.05) is 166 Å². The molecule has 0 aromatic rings. The molecule has 0 spiro atoms. The van der Waals surface area contributed by atoms with Crippen LogP contribution in [0, 0.1) is 64.1 Å². The van der Waals surface area contributed by atoms with Crippen LogP contribution in [0.3, 0.4) is 0 Å². The largest absolute Gasteiger partial charge is 0.368 e. The van der Waals surface area contributed by atoms with E-state index in [4.69, 9.17) is 28.4 Å². The van der Waals surface area contributed by atoms with Gasteiger partial charge >= 0.3 is 0 Å². The number of carbonyl (C=O) groups excluding carboxylic acids is 6. The third kappa shape index (κ3) is 51.5. The third-order valence-corrected chi connectivity index (χ3v) is 21.1. The maximum atomic E-state index is 12.5. The van der Waals surface area contributed by atoms with Gasteiger partial charge in [-0.3, -0.25) is 28.8 Å². The lowest BCUT2D eigenvalue weighted by Gasteiger charge is -2.32. The molecule has 654 valence electrons. The monoisotopic (exact) mass is 1580 g/mol. The Morgan fingerprint density at radius 1 is 0.304 bits per heavy atom. The summed E-state index contributed by atoms with van der Waals surface area (Å²) in [6, 6.07) is 0. The standard InChI is InChI=1S/C18H33NO2.C17H33NO2.2C16H29NO2.C14H27NO2.C13H25NO2/c1-18(2,3)19-17(20)16(12-14-8-4-5-9-14)21-13-15-10-6-7-11-15;1-16(2,3)11-14(15(19)18-17(4,5)6)20-12-13-9-7-8-10-13;1-16(2,3)17-15(18)14(10-12-8-9-12)19-11-13-6-4-5-7-13;1-12(2)10-14(15(18)17-16(3,4)5)19-11-13-8-6-7-9-13;1-13(2,3)11(17-9-10-7-8-10)12(16)15-14(4,5)6;1-9(2)11(16-8-10-6-7-10)12(15)14-13(3,4)5/h14-16H,4-13H2,1-3H3,(H,19,20);13-14H,7-12H2,1-6H3,(H,18,19);12-14H,4-11H2,1-3H3,(H,17,18);13-14H,1,6-11H2,2-5H3,(H,17,18);10-11H,7-9H2,1-6H3,(H,15,16);9-11H,6-8H2,1-5H3,(H,14,15). The fourth-order valence-corrected chi connectivity index (χ4v) is 14.8. The molecular weight excluding hydrogens is 1410 g/mol. The lowest BCUT2D eigenvalue weighted by molar-refractivity contribution is -0.142. The Hall–Kier alpha value is -3.68. The number of rotatable bonds is 32. The summed E-state index contributed by atoms with van der Waals surface area (Å²) in [5.41, 5.74) is -0.251. The van der Waals surface area contributed by atoms with Crippen LogP contribution in [-0.2, 0) is 57.2 Å². The van der Waals surface area contributed by atoms with E-state index in [-0.39, 0.29) is 116 Å². The SMILES string of the molecule is C=C(C)CC(OCC1CCCC1)C(=O)NC(C)(C)C.CC(C)(C)CC(OCC1CCCC1)C(=O)NC(C)(C)C.CC(C)(C)NC(=O)C(CC1CC1)OCC1CCCC1.CC(C)(C)NC(=O)C(CC1CCCC1)OCC1CCCC1.CC(C)(C)NC(=O)C(OCC1CC1)C(C)(C)C.CC(C)C(OCC1CC1)C(=O)NC(C)(C)C. The fraction of sp³-hybridized carbons (Fsp3) is 0.915. The predicted octanol–water partition coefficient (Wildman–Crippen LogP) is 19.8.